The highest BCUT2D eigenvalue weighted by atomic mass is 16.6. The summed E-state index contributed by atoms with van der Waals surface area (Å²) in [6, 6.07) is 5.32. The molecule has 7 nitrogen and oxygen atoms in total. The predicted molar refractivity (Wildman–Crippen MR) is 57.1 cm³/mol. The van der Waals surface area contributed by atoms with Gasteiger partial charge in [0.05, 0.1) is 4.92 Å². The molecule has 16 heavy (non-hydrogen) atoms. The zero-order valence-corrected chi connectivity index (χ0v) is 8.60. The molecular formula is C9H11N3O4. The second-order valence-electron chi connectivity index (χ2n) is 2.84. The summed E-state index contributed by atoms with van der Waals surface area (Å²) in [4.78, 5) is 21.3. The van der Waals surface area contributed by atoms with Crippen molar-refractivity contribution in [3.05, 3.63) is 34.4 Å². The van der Waals surface area contributed by atoms with Crippen molar-refractivity contribution in [3.63, 3.8) is 0 Å². The smallest absolute Gasteiger partial charge is 0.321 e. The van der Waals surface area contributed by atoms with Crippen molar-refractivity contribution in [3.8, 4) is 0 Å². The van der Waals surface area contributed by atoms with E-state index in [4.69, 9.17) is 0 Å². The van der Waals surface area contributed by atoms with Crippen LogP contribution in [0.15, 0.2) is 24.3 Å². The van der Waals surface area contributed by atoms with E-state index in [1.165, 1.54) is 25.3 Å². The average molecular weight is 225 g/mol. The molecule has 0 bridgehead atoms. The Bertz CT molecular complexity index is 394. The fraction of sp³-hybridized carbons (Fsp3) is 0.222. The van der Waals surface area contributed by atoms with Crippen molar-refractivity contribution < 1.29 is 14.5 Å². The molecule has 0 saturated carbocycles. The molecule has 0 aliphatic rings. The third-order valence-corrected chi connectivity index (χ3v) is 1.73. The minimum atomic E-state index is -0.564. The Morgan fingerprint density at radius 2 is 2.19 bits per heavy atom. The Hall–Kier alpha value is -2.15. The zero-order valence-electron chi connectivity index (χ0n) is 8.60. The van der Waals surface area contributed by atoms with Crippen LogP contribution in [0.3, 0.4) is 0 Å². The highest BCUT2D eigenvalue weighted by molar-refractivity contribution is 5.91. The molecule has 0 fully saturated rings. The number of amides is 2. The van der Waals surface area contributed by atoms with E-state index in [1.54, 1.807) is 6.07 Å². The van der Waals surface area contributed by atoms with Gasteiger partial charge < -0.3 is 15.4 Å². The van der Waals surface area contributed by atoms with Gasteiger partial charge in [-0.1, -0.05) is 12.1 Å². The van der Waals surface area contributed by atoms with E-state index in [0.717, 1.165) is 0 Å². The van der Waals surface area contributed by atoms with Gasteiger partial charge in [0, 0.05) is 13.2 Å². The second-order valence-corrected chi connectivity index (χ2v) is 2.84. The normalized spacial score (nSPS) is 9.56. The van der Waals surface area contributed by atoms with E-state index < -0.39 is 11.0 Å². The number of nitro groups is 1. The topological polar surface area (TPSA) is 93.5 Å². The van der Waals surface area contributed by atoms with Crippen LogP contribution in [0.2, 0.25) is 0 Å². The molecule has 0 unspecified atom stereocenters. The van der Waals surface area contributed by atoms with E-state index in [1.807, 2.05) is 0 Å². The molecule has 2 N–H and O–H groups in total. The molecule has 0 aliphatic heterocycles. The molecule has 0 saturated heterocycles. The molecule has 0 spiro atoms. The van der Waals surface area contributed by atoms with Crippen molar-refractivity contribution in [1.29, 1.82) is 0 Å². The monoisotopic (exact) mass is 225 g/mol. The van der Waals surface area contributed by atoms with Gasteiger partial charge in [0.1, 0.15) is 12.4 Å². The molecule has 2 amide bonds. The van der Waals surface area contributed by atoms with Gasteiger partial charge in [-0.2, -0.15) is 0 Å². The third-order valence-electron chi connectivity index (χ3n) is 1.73. The number of urea groups is 1. The zero-order chi connectivity index (χ0) is 12.0. The lowest BCUT2D eigenvalue weighted by Gasteiger charge is -2.06. The average Bonchev–Trinajstić information content (AvgIpc) is 2.27. The van der Waals surface area contributed by atoms with Crippen molar-refractivity contribution in [2.75, 3.05) is 19.2 Å². The maximum absolute atomic E-state index is 11.2. The summed E-state index contributed by atoms with van der Waals surface area (Å²) in [5.74, 6) is 0. The first-order valence-corrected chi connectivity index (χ1v) is 4.42. The van der Waals surface area contributed by atoms with Gasteiger partial charge in [0.15, 0.2) is 0 Å². The highest BCUT2D eigenvalue weighted by Gasteiger charge is 2.13. The highest BCUT2D eigenvalue weighted by Crippen LogP contribution is 2.22. The van der Waals surface area contributed by atoms with E-state index in [9.17, 15) is 14.9 Å². The minimum absolute atomic E-state index is 0.0342. The van der Waals surface area contributed by atoms with Crippen LogP contribution in [0.25, 0.3) is 0 Å². The minimum Gasteiger partial charge on any atom is -0.364 e. The van der Waals surface area contributed by atoms with Crippen LogP contribution < -0.4 is 10.6 Å². The molecule has 86 valence electrons. The molecule has 0 aliphatic carbocycles. The molecule has 0 aromatic heterocycles. The number of nitro benzene ring substituents is 1. The standard InChI is InChI=1S/C9H11N3O4/c1-16-6-10-9(13)11-7-4-2-3-5-8(7)12(14)15/h2-5H,6H2,1H3,(H2,10,11,13). The van der Waals surface area contributed by atoms with Gasteiger partial charge in [-0.25, -0.2) is 4.79 Å². The Morgan fingerprint density at radius 1 is 1.50 bits per heavy atom. The first kappa shape index (κ1) is 11.9. The lowest BCUT2D eigenvalue weighted by Crippen LogP contribution is -2.30. The molecule has 1 rings (SSSR count). The van der Waals surface area contributed by atoms with Crippen molar-refractivity contribution in [2.45, 2.75) is 0 Å². The number of nitrogens with one attached hydrogen (secondary N) is 2. The lowest BCUT2D eigenvalue weighted by molar-refractivity contribution is -0.383. The quantitative estimate of drug-likeness (QED) is 0.459. The third kappa shape index (κ3) is 3.21. The van der Waals surface area contributed by atoms with Gasteiger partial charge in [0.25, 0.3) is 5.69 Å². The number of hydrogen-bond donors (Lipinski definition) is 2. The summed E-state index contributed by atoms with van der Waals surface area (Å²) in [5.41, 5.74) is -0.0174. The number of ether oxygens (including phenoxy) is 1. The van der Waals surface area contributed by atoms with E-state index in [-0.39, 0.29) is 18.1 Å². The maximum atomic E-state index is 11.2. The molecule has 1 aromatic rings. The largest absolute Gasteiger partial charge is 0.364 e. The van der Waals surface area contributed by atoms with Crippen LogP contribution in [0.1, 0.15) is 0 Å². The summed E-state index contributed by atoms with van der Waals surface area (Å²) in [5, 5.41) is 15.3. The number of carbonyl (C=O) groups excluding carboxylic acids is 1. The number of methoxy groups -OCH3 is 1. The maximum Gasteiger partial charge on any atom is 0.321 e. The summed E-state index contributed by atoms with van der Waals surface area (Å²) < 4.78 is 4.62. The number of hydrogen-bond acceptors (Lipinski definition) is 4. The van der Waals surface area contributed by atoms with Crippen LogP contribution in [-0.4, -0.2) is 24.8 Å². The predicted octanol–water partition coefficient (Wildman–Crippen LogP) is 1.32. The summed E-state index contributed by atoms with van der Waals surface area (Å²) in [6.45, 7) is 0.0342. The fourth-order valence-electron chi connectivity index (χ4n) is 1.04. The summed E-state index contributed by atoms with van der Waals surface area (Å²) >= 11 is 0. The molecule has 1 aromatic carbocycles. The van der Waals surface area contributed by atoms with Crippen LogP contribution >= 0.6 is 0 Å². The lowest BCUT2D eigenvalue weighted by atomic mass is 10.3. The number of rotatable bonds is 4. The number of anilines is 1. The van der Waals surface area contributed by atoms with Crippen LogP contribution in [-0.2, 0) is 4.74 Å². The molecule has 0 heterocycles. The summed E-state index contributed by atoms with van der Waals surface area (Å²) in [7, 11) is 1.42. The Balaban J connectivity index is 2.73. The number of nitrogens with zero attached hydrogens (tertiary/aromatic N) is 1. The van der Waals surface area contributed by atoms with Gasteiger partial charge in [-0.15, -0.1) is 0 Å². The van der Waals surface area contributed by atoms with Gasteiger partial charge in [0.2, 0.25) is 0 Å². The number of benzene rings is 1. The van der Waals surface area contributed by atoms with E-state index >= 15 is 0 Å². The summed E-state index contributed by atoms with van der Waals surface area (Å²) in [6.07, 6.45) is 0. The fourth-order valence-corrected chi connectivity index (χ4v) is 1.04. The molecule has 0 atom stereocenters. The number of carbonyl (C=O) groups is 1. The molecular weight excluding hydrogens is 214 g/mol. The van der Waals surface area contributed by atoms with Crippen molar-refractivity contribution in [2.24, 2.45) is 0 Å². The van der Waals surface area contributed by atoms with E-state index in [0.29, 0.717) is 0 Å². The first-order valence-electron chi connectivity index (χ1n) is 4.42. The molecule has 7 heteroatoms. The van der Waals surface area contributed by atoms with Crippen molar-refractivity contribution >= 4 is 17.4 Å². The van der Waals surface area contributed by atoms with Gasteiger partial charge in [-0.05, 0) is 6.07 Å². The van der Waals surface area contributed by atoms with Crippen LogP contribution in [0.5, 0.6) is 0 Å². The SMILES string of the molecule is COCNC(=O)Nc1ccccc1[N+](=O)[O-]. The number of para-hydroxylation sites is 2. The Morgan fingerprint density at radius 3 is 2.81 bits per heavy atom. The van der Waals surface area contributed by atoms with Crippen molar-refractivity contribution in [1.82, 2.24) is 5.32 Å². The van der Waals surface area contributed by atoms with E-state index in [2.05, 4.69) is 15.4 Å². The second kappa shape index (κ2) is 5.66. The Kier molecular flexibility index (Phi) is 4.22. The molecule has 0 radical (unpaired) electrons. The van der Waals surface area contributed by atoms with Gasteiger partial charge >= 0.3 is 6.03 Å². The van der Waals surface area contributed by atoms with Crippen LogP contribution in [0.4, 0.5) is 16.2 Å². The van der Waals surface area contributed by atoms with Gasteiger partial charge in [-0.3, -0.25) is 10.1 Å². The Labute approximate surface area is 91.6 Å². The van der Waals surface area contributed by atoms with Crippen LogP contribution in [0, 0.1) is 10.1 Å². The first-order chi connectivity index (χ1) is 7.65.